The molecule has 0 atom stereocenters. The van der Waals surface area contributed by atoms with Gasteiger partial charge in [-0.15, -0.1) is 16.8 Å². The minimum Gasteiger partial charge on any atom is -0.493 e. The Labute approximate surface area is 157 Å². The summed E-state index contributed by atoms with van der Waals surface area (Å²) in [6.07, 6.45) is 5.81. The van der Waals surface area contributed by atoms with E-state index in [0.29, 0.717) is 18.3 Å². The summed E-state index contributed by atoms with van der Waals surface area (Å²) >= 11 is 0. The Morgan fingerprint density at radius 3 is 2.70 bits per heavy atom. The van der Waals surface area contributed by atoms with Gasteiger partial charge in [0.15, 0.2) is 5.82 Å². The molecule has 1 saturated carbocycles. The van der Waals surface area contributed by atoms with Crippen molar-refractivity contribution in [2.24, 2.45) is 5.92 Å². The number of aromatic nitrogens is 3. The molecule has 1 aromatic carbocycles. The Morgan fingerprint density at radius 2 is 2.07 bits per heavy atom. The lowest BCUT2D eigenvalue weighted by atomic mass is 9.86. The van der Waals surface area contributed by atoms with Gasteiger partial charge in [-0.3, -0.25) is 9.59 Å². The number of benzene rings is 1. The smallest absolute Gasteiger partial charge is 0.273 e. The molecule has 7 nitrogen and oxygen atoms in total. The summed E-state index contributed by atoms with van der Waals surface area (Å²) in [5, 5.41) is 10.7. The summed E-state index contributed by atoms with van der Waals surface area (Å²) in [6, 6.07) is 7.43. The van der Waals surface area contributed by atoms with E-state index >= 15 is 0 Å². The van der Waals surface area contributed by atoms with Gasteiger partial charge in [-0.05, 0) is 43.0 Å². The van der Waals surface area contributed by atoms with E-state index in [0.717, 1.165) is 17.9 Å². The van der Waals surface area contributed by atoms with Crippen LogP contribution in [0.15, 0.2) is 41.7 Å². The lowest BCUT2D eigenvalue weighted by Gasteiger charge is -2.25. The summed E-state index contributed by atoms with van der Waals surface area (Å²) in [6.45, 7) is 4.69. The molecule has 2 aromatic rings. The predicted molar refractivity (Wildman–Crippen MR) is 102 cm³/mol. The fourth-order valence-electron chi connectivity index (χ4n) is 2.74. The normalized spacial score (nSPS) is 13.6. The van der Waals surface area contributed by atoms with Crippen LogP contribution in [-0.2, 0) is 11.2 Å². The molecule has 1 aliphatic rings. The Kier molecular flexibility index (Phi) is 6.35. The number of aryl methyl sites for hydroxylation is 1. The zero-order chi connectivity index (χ0) is 19.1. The van der Waals surface area contributed by atoms with E-state index < -0.39 is 0 Å². The number of H-pyrrole nitrogens is 1. The molecule has 1 aromatic heterocycles. The third kappa shape index (κ3) is 5.26. The Morgan fingerprint density at radius 1 is 1.30 bits per heavy atom. The molecular formula is C20H24N4O3. The zero-order valence-electron chi connectivity index (χ0n) is 15.2. The predicted octanol–water partition coefficient (Wildman–Crippen LogP) is 2.25. The zero-order valence-corrected chi connectivity index (χ0v) is 15.2. The van der Waals surface area contributed by atoms with Crippen molar-refractivity contribution < 1.29 is 9.53 Å². The van der Waals surface area contributed by atoms with Crippen molar-refractivity contribution in [1.29, 1.82) is 0 Å². The number of rotatable bonds is 9. The molecule has 0 spiro atoms. The molecule has 3 rings (SSSR count). The first kappa shape index (κ1) is 18.8. The standard InChI is InChI=1S/C20H24N4O3/c1-2-12-21-18(25)11-10-17-20(26)22-19(24-23-17)15-6-8-16(9-7-15)27-13-14-4-3-5-14/h2,6-9,14H,1,3-5,10-13H2,(H,21,25)(H,22,24,26). The molecule has 142 valence electrons. The van der Waals surface area contributed by atoms with Gasteiger partial charge in [0.1, 0.15) is 11.4 Å². The highest BCUT2D eigenvalue weighted by molar-refractivity contribution is 5.76. The molecule has 0 unspecified atom stereocenters. The molecule has 0 radical (unpaired) electrons. The third-order valence-corrected chi connectivity index (χ3v) is 4.64. The highest BCUT2D eigenvalue weighted by atomic mass is 16.5. The van der Waals surface area contributed by atoms with E-state index in [1.807, 2.05) is 24.3 Å². The lowest BCUT2D eigenvalue weighted by Crippen LogP contribution is -2.25. The number of carbonyl (C=O) groups excluding carboxylic acids is 1. The molecule has 2 N–H and O–H groups in total. The molecule has 1 fully saturated rings. The van der Waals surface area contributed by atoms with Crippen LogP contribution in [-0.4, -0.2) is 34.2 Å². The first-order valence-corrected chi connectivity index (χ1v) is 9.22. The van der Waals surface area contributed by atoms with Crippen molar-refractivity contribution in [3.05, 3.63) is 53.0 Å². The number of nitrogens with one attached hydrogen (secondary N) is 2. The van der Waals surface area contributed by atoms with Crippen molar-refractivity contribution in [2.45, 2.75) is 32.1 Å². The molecule has 27 heavy (non-hydrogen) atoms. The van der Waals surface area contributed by atoms with Crippen molar-refractivity contribution >= 4 is 5.91 Å². The summed E-state index contributed by atoms with van der Waals surface area (Å²) in [7, 11) is 0. The second-order valence-corrected chi connectivity index (χ2v) is 6.67. The van der Waals surface area contributed by atoms with Gasteiger partial charge in [0.05, 0.1) is 6.61 Å². The SMILES string of the molecule is C=CCNC(=O)CCc1nnc(-c2ccc(OCC3CCC3)cc2)[nH]c1=O. The summed E-state index contributed by atoms with van der Waals surface area (Å²) in [5.41, 5.74) is 0.667. The minimum absolute atomic E-state index is 0.155. The average molecular weight is 368 g/mol. The molecule has 7 heteroatoms. The number of carbonyl (C=O) groups is 1. The second-order valence-electron chi connectivity index (χ2n) is 6.67. The van der Waals surface area contributed by atoms with Gasteiger partial charge in [0.25, 0.3) is 5.56 Å². The number of nitrogens with zero attached hydrogens (tertiary/aromatic N) is 2. The van der Waals surface area contributed by atoms with E-state index in [9.17, 15) is 9.59 Å². The number of aromatic amines is 1. The maximum absolute atomic E-state index is 12.2. The van der Waals surface area contributed by atoms with Gasteiger partial charge in [0.2, 0.25) is 5.91 Å². The molecule has 0 bridgehead atoms. The van der Waals surface area contributed by atoms with Gasteiger partial charge >= 0.3 is 0 Å². The van der Waals surface area contributed by atoms with Gasteiger partial charge in [-0.2, -0.15) is 0 Å². The Balaban J connectivity index is 1.58. The first-order valence-electron chi connectivity index (χ1n) is 9.22. The minimum atomic E-state index is -0.332. The number of hydrogen-bond donors (Lipinski definition) is 2. The van der Waals surface area contributed by atoms with Crippen molar-refractivity contribution in [3.8, 4) is 17.1 Å². The maximum atomic E-state index is 12.2. The van der Waals surface area contributed by atoms with Crippen LogP contribution in [0, 0.1) is 5.92 Å². The highest BCUT2D eigenvalue weighted by Crippen LogP contribution is 2.27. The van der Waals surface area contributed by atoms with Crippen LogP contribution in [0.4, 0.5) is 0 Å². The average Bonchev–Trinajstić information content (AvgIpc) is 2.64. The monoisotopic (exact) mass is 368 g/mol. The van der Waals surface area contributed by atoms with Crippen LogP contribution >= 0.6 is 0 Å². The quantitative estimate of drug-likeness (QED) is 0.662. The highest BCUT2D eigenvalue weighted by Gasteiger charge is 2.17. The summed E-state index contributed by atoms with van der Waals surface area (Å²) in [5.74, 6) is 1.73. The van der Waals surface area contributed by atoms with Crippen LogP contribution in [0.1, 0.15) is 31.4 Å². The fourth-order valence-corrected chi connectivity index (χ4v) is 2.74. The number of hydrogen-bond acceptors (Lipinski definition) is 5. The van der Waals surface area contributed by atoms with E-state index in [-0.39, 0.29) is 30.0 Å². The molecule has 1 heterocycles. The number of amides is 1. The largest absolute Gasteiger partial charge is 0.493 e. The van der Waals surface area contributed by atoms with Crippen LogP contribution in [0.3, 0.4) is 0 Å². The summed E-state index contributed by atoms with van der Waals surface area (Å²) in [4.78, 5) is 26.5. The van der Waals surface area contributed by atoms with Gasteiger partial charge < -0.3 is 15.0 Å². The number of ether oxygens (including phenoxy) is 1. The van der Waals surface area contributed by atoms with Crippen LogP contribution in [0.25, 0.3) is 11.4 Å². The van der Waals surface area contributed by atoms with Gasteiger partial charge in [-0.25, -0.2) is 0 Å². The second kappa shape index (κ2) is 9.12. The Hall–Kier alpha value is -2.96. The molecular weight excluding hydrogens is 344 g/mol. The van der Waals surface area contributed by atoms with E-state index in [2.05, 4.69) is 27.1 Å². The van der Waals surface area contributed by atoms with E-state index in [1.165, 1.54) is 19.3 Å². The van der Waals surface area contributed by atoms with Gasteiger partial charge in [0, 0.05) is 24.9 Å². The third-order valence-electron chi connectivity index (χ3n) is 4.64. The maximum Gasteiger partial charge on any atom is 0.273 e. The fraction of sp³-hybridized carbons (Fsp3) is 0.400. The van der Waals surface area contributed by atoms with Crippen LogP contribution in [0.2, 0.25) is 0 Å². The Bertz CT molecular complexity index is 841. The van der Waals surface area contributed by atoms with Crippen molar-refractivity contribution in [3.63, 3.8) is 0 Å². The summed E-state index contributed by atoms with van der Waals surface area (Å²) < 4.78 is 5.77. The van der Waals surface area contributed by atoms with Crippen LogP contribution < -0.4 is 15.6 Å². The van der Waals surface area contributed by atoms with Crippen molar-refractivity contribution in [2.75, 3.05) is 13.2 Å². The molecule has 0 saturated heterocycles. The molecule has 0 aliphatic heterocycles. The lowest BCUT2D eigenvalue weighted by molar-refractivity contribution is -0.120. The van der Waals surface area contributed by atoms with Gasteiger partial charge in [-0.1, -0.05) is 12.5 Å². The van der Waals surface area contributed by atoms with Crippen molar-refractivity contribution in [1.82, 2.24) is 20.5 Å². The van der Waals surface area contributed by atoms with E-state index in [4.69, 9.17) is 4.74 Å². The molecule has 1 amide bonds. The first-order chi connectivity index (χ1) is 13.2. The molecule has 1 aliphatic carbocycles. The topological polar surface area (TPSA) is 97.0 Å². The van der Waals surface area contributed by atoms with Crippen LogP contribution in [0.5, 0.6) is 5.75 Å². The van der Waals surface area contributed by atoms with E-state index in [1.54, 1.807) is 6.08 Å².